The van der Waals surface area contributed by atoms with Gasteiger partial charge in [-0.25, -0.2) is 4.79 Å². The highest BCUT2D eigenvalue weighted by molar-refractivity contribution is 7.13. The minimum atomic E-state index is -3.42. The number of hydrogen-bond acceptors (Lipinski definition) is 4. The average Bonchev–Trinajstić information content (AvgIpc) is 3.35. The Balaban J connectivity index is 1.55. The van der Waals surface area contributed by atoms with Crippen LogP contribution < -0.4 is 0 Å². The van der Waals surface area contributed by atoms with Crippen molar-refractivity contribution in [2.24, 2.45) is 5.92 Å². The van der Waals surface area contributed by atoms with Gasteiger partial charge < -0.3 is 15.1 Å². The van der Waals surface area contributed by atoms with Crippen LogP contribution in [0.2, 0.25) is 0 Å². The second-order valence-corrected chi connectivity index (χ2v) is 9.69. The van der Waals surface area contributed by atoms with Gasteiger partial charge in [0.2, 0.25) is 0 Å². The van der Waals surface area contributed by atoms with Gasteiger partial charge in [0.05, 0.1) is 12.1 Å². The Kier molecular flexibility index (Phi) is 8.37. The van der Waals surface area contributed by atoms with Crippen molar-refractivity contribution in [3.63, 3.8) is 0 Å². The predicted octanol–water partition coefficient (Wildman–Crippen LogP) is 4.80. The van der Waals surface area contributed by atoms with Gasteiger partial charge in [-0.2, -0.15) is 8.78 Å². The summed E-state index contributed by atoms with van der Waals surface area (Å²) in [6.45, 7) is 2.06. The topological polar surface area (TPSA) is 77.8 Å². The van der Waals surface area contributed by atoms with Crippen LogP contribution in [0.1, 0.15) is 46.3 Å². The van der Waals surface area contributed by atoms with Gasteiger partial charge in [-0.05, 0) is 49.3 Å². The molecule has 8 heteroatoms. The summed E-state index contributed by atoms with van der Waals surface area (Å²) >= 11 is 1.15. The van der Waals surface area contributed by atoms with Crippen LogP contribution in [0.4, 0.5) is 8.78 Å². The van der Waals surface area contributed by atoms with Gasteiger partial charge in [-0.3, -0.25) is 4.79 Å². The molecule has 1 aliphatic rings. The van der Waals surface area contributed by atoms with Crippen molar-refractivity contribution < 1.29 is 28.6 Å². The zero-order valence-electron chi connectivity index (χ0n) is 18.5. The number of carboxylic acid groups (broad SMARTS) is 1. The number of halogens is 2. The maximum Gasteiger partial charge on any atom is 0.345 e. The number of carboxylic acids is 1. The number of hydrogen-bond donors (Lipinski definition) is 2. The van der Waals surface area contributed by atoms with Crippen LogP contribution in [0, 0.1) is 5.92 Å². The molecule has 1 amide bonds. The summed E-state index contributed by atoms with van der Waals surface area (Å²) in [6.07, 6.45) is 4.17. The molecule has 0 saturated carbocycles. The van der Waals surface area contributed by atoms with Gasteiger partial charge in [-0.15, -0.1) is 11.3 Å². The molecule has 0 spiro atoms. The highest BCUT2D eigenvalue weighted by Gasteiger charge is 2.52. The smallest absolute Gasteiger partial charge is 0.345 e. The first-order valence-electron chi connectivity index (χ1n) is 11.1. The first kappa shape index (κ1) is 25.1. The lowest BCUT2D eigenvalue weighted by molar-refractivity contribution is -0.148. The first-order chi connectivity index (χ1) is 15.7. The predicted molar refractivity (Wildman–Crippen MR) is 124 cm³/mol. The van der Waals surface area contributed by atoms with E-state index in [1.165, 1.54) is 28.7 Å². The maximum atomic E-state index is 14.1. The van der Waals surface area contributed by atoms with E-state index in [1.807, 2.05) is 37.3 Å². The highest BCUT2D eigenvalue weighted by atomic mass is 32.1. The maximum absolute atomic E-state index is 14.1. The van der Waals surface area contributed by atoms with Crippen LogP contribution in [0.15, 0.2) is 54.6 Å². The molecule has 1 aromatic carbocycles. The molecule has 33 heavy (non-hydrogen) atoms. The molecule has 1 aliphatic heterocycles. The van der Waals surface area contributed by atoms with Gasteiger partial charge in [-0.1, -0.05) is 49.4 Å². The van der Waals surface area contributed by atoms with Gasteiger partial charge >= 0.3 is 11.9 Å². The second kappa shape index (κ2) is 11.0. The van der Waals surface area contributed by atoms with E-state index in [2.05, 4.69) is 0 Å². The summed E-state index contributed by atoms with van der Waals surface area (Å²) in [6, 6.07) is 12.4. The second-order valence-electron chi connectivity index (χ2n) is 8.53. The van der Waals surface area contributed by atoms with E-state index in [9.17, 15) is 23.5 Å². The molecule has 3 atom stereocenters. The third kappa shape index (κ3) is 6.71. The molecule has 5 nitrogen and oxygen atoms in total. The molecule has 0 aliphatic carbocycles. The van der Waals surface area contributed by atoms with Crippen molar-refractivity contribution in [3.05, 3.63) is 69.9 Å². The molecule has 2 N–H and O–H groups in total. The van der Waals surface area contributed by atoms with Gasteiger partial charge in [0.15, 0.2) is 0 Å². The quantitative estimate of drug-likeness (QED) is 0.456. The fourth-order valence-corrected chi connectivity index (χ4v) is 4.84. The number of carbonyl (C=O) groups is 2. The zero-order valence-corrected chi connectivity index (χ0v) is 19.3. The molecule has 0 bridgehead atoms. The van der Waals surface area contributed by atoms with Crippen molar-refractivity contribution in [3.8, 4) is 0 Å². The third-order valence-electron chi connectivity index (χ3n) is 5.98. The number of amides is 1. The van der Waals surface area contributed by atoms with Gasteiger partial charge in [0.25, 0.3) is 5.91 Å². The minimum Gasteiger partial charge on any atom is -0.477 e. The number of alkyl halides is 2. The Morgan fingerprint density at radius 2 is 1.97 bits per heavy atom. The summed E-state index contributed by atoms with van der Waals surface area (Å²) in [4.78, 5) is 25.4. The molecule has 0 unspecified atom stereocenters. The van der Waals surface area contributed by atoms with E-state index in [0.717, 1.165) is 29.1 Å². The molecule has 1 saturated heterocycles. The van der Waals surface area contributed by atoms with Gasteiger partial charge in [0, 0.05) is 17.8 Å². The number of thiophene rings is 1. The van der Waals surface area contributed by atoms with E-state index in [4.69, 9.17) is 5.11 Å². The summed E-state index contributed by atoms with van der Waals surface area (Å²) in [5.74, 6) is -5.67. The minimum absolute atomic E-state index is 0.0604. The first-order valence-corrected chi connectivity index (χ1v) is 11.9. The van der Waals surface area contributed by atoms with E-state index >= 15 is 0 Å². The normalized spacial score (nSPS) is 19.8. The van der Waals surface area contributed by atoms with Crippen molar-refractivity contribution in [1.29, 1.82) is 0 Å². The third-order valence-corrected chi connectivity index (χ3v) is 7.11. The summed E-state index contributed by atoms with van der Waals surface area (Å²) in [7, 11) is 0. The van der Waals surface area contributed by atoms with Crippen LogP contribution in [-0.2, 0) is 17.6 Å². The lowest BCUT2D eigenvalue weighted by Gasteiger charge is -2.22. The lowest BCUT2D eigenvalue weighted by atomic mass is 9.95. The lowest BCUT2D eigenvalue weighted by Crippen LogP contribution is -2.36. The number of rotatable bonds is 11. The van der Waals surface area contributed by atoms with E-state index in [0.29, 0.717) is 12.8 Å². The van der Waals surface area contributed by atoms with Crippen molar-refractivity contribution >= 4 is 23.2 Å². The number of aromatic carboxylic acids is 1. The summed E-state index contributed by atoms with van der Waals surface area (Å²) in [5.41, 5.74) is 1.17. The van der Waals surface area contributed by atoms with Crippen LogP contribution in [0.25, 0.3) is 0 Å². The molecule has 0 radical (unpaired) electrons. The monoisotopic (exact) mass is 477 g/mol. The molecule has 1 aromatic heterocycles. The number of aliphatic hydroxyl groups excluding tert-OH is 1. The summed E-state index contributed by atoms with van der Waals surface area (Å²) in [5, 5.41) is 19.5. The molecular formula is C25H29F2NO4S. The standard InChI is InChI=1S/C25H29F2NO4S/c1-17(9-10-18-6-3-2-4-7-18)21(29)13-11-19-16-25(26,27)24(32)28(19)15-5-8-20-12-14-22(33-20)23(30)31/h2-4,6-7,11-14,17,19,21,29H,5,8-10,15-16H2,1H3,(H,30,31)/t17-,19+,21+/m1/s1. The number of likely N-dealkylation sites (tertiary alicyclic amines) is 1. The Labute approximate surface area is 196 Å². The number of aryl methyl sites for hydroxylation is 2. The highest BCUT2D eigenvalue weighted by Crippen LogP contribution is 2.34. The molecule has 2 heterocycles. The van der Waals surface area contributed by atoms with Crippen LogP contribution in [-0.4, -0.2) is 51.6 Å². The van der Waals surface area contributed by atoms with Crippen LogP contribution in [0.3, 0.4) is 0 Å². The molecule has 178 valence electrons. The van der Waals surface area contributed by atoms with Crippen molar-refractivity contribution in [2.45, 2.75) is 57.1 Å². The Morgan fingerprint density at radius 1 is 1.24 bits per heavy atom. The Morgan fingerprint density at radius 3 is 2.64 bits per heavy atom. The number of nitrogens with zero attached hydrogens (tertiary/aromatic N) is 1. The zero-order chi connectivity index (χ0) is 24.0. The Hall–Kier alpha value is -2.58. The van der Waals surface area contributed by atoms with Crippen molar-refractivity contribution in [1.82, 2.24) is 4.90 Å². The largest absolute Gasteiger partial charge is 0.477 e. The van der Waals surface area contributed by atoms with E-state index < -0.39 is 36.4 Å². The fourth-order valence-electron chi connectivity index (χ4n) is 3.95. The number of carbonyl (C=O) groups excluding carboxylic acids is 1. The number of benzene rings is 1. The van der Waals surface area contributed by atoms with E-state index in [-0.39, 0.29) is 17.3 Å². The fraction of sp³-hybridized carbons (Fsp3) is 0.440. The molecule has 2 aromatic rings. The average molecular weight is 478 g/mol. The summed E-state index contributed by atoms with van der Waals surface area (Å²) < 4.78 is 28.2. The number of aliphatic hydroxyl groups is 1. The van der Waals surface area contributed by atoms with E-state index in [1.54, 1.807) is 6.07 Å². The Bertz CT molecular complexity index is 976. The molecule has 1 fully saturated rings. The molecular weight excluding hydrogens is 448 g/mol. The van der Waals surface area contributed by atoms with Crippen molar-refractivity contribution in [2.75, 3.05) is 6.54 Å². The SMILES string of the molecule is C[C@H](CCc1ccccc1)[C@@H](O)C=C[C@H]1CC(F)(F)C(=O)N1CCCc1ccc(C(=O)O)s1. The molecule has 3 rings (SSSR count). The van der Waals surface area contributed by atoms with Gasteiger partial charge in [0.1, 0.15) is 4.88 Å². The van der Waals surface area contributed by atoms with Crippen LogP contribution >= 0.6 is 11.3 Å². The van der Waals surface area contributed by atoms with Crippen LogP contribution in [0.5, 0.6) is 0 Å².